The smallest absolute Gasteiger partial charge is 0.0420 e. The summed E-state index contributed by atoms with van der Waals surface area (Å²) in [6, 6.07) is 1.26. The van der Waals surface area contributed by atoms with Gasteiger partial charge in [0.05, 0.1) is 0 Å². The van der Waals surface area contributed by atoms with Gasteiger partial charge in [-0.1, -0.05) is 39.0 Å². The molecule has 1 fully saturated rings. The first-order valence-corrected chi connectivity index (χ1v) is 8.28. The second-order valence-electron chi connectivity index (χ2n) is 6.72. The Morgan fingerprint density at radius 2 is 1.79 bits per heavy atom. The molecule has 0 amide bonds. The number of hydrogen-bond donors (Lipinski definition) is 2. The Morgan fingerprint density at radius 3 is 2.32 bits per heavy atom. The van der Waals surface area contributed by atoms with Crippen molar-refractivity contribution in [3.63, 3.8) is 0 Å². The summed E-state index contributed by atoms with van der Waals surface area (Å²) in [4.78, 5) is 0. The number of nitrogens with one attached hydrogen (secondary N) is 1. The molecule has 1 saturated heterocycles. The molecule has 3 nitrogen and oxygen atoms in total. The second kappa shape index (κ2) is 8.23. The number of hydrogen-bond acceptors (Lipinski definition) is 3. The van der Waals surface area contributed by atoms with Crippen LogP contribution in [0.3, 0.4) is 0 Å². The molecule has 0 radical (unpaired) electrons. The first-order chi connectivity index (χ1) is 9.02. The van der Waals surface area contributed by atoms with Crippen LogP contribution in [-0.4, -0.2) is 29.2 Å². The van der Waals surface area contributed by atoms with E-state index >= 15 is 0 Å². The van der Waals surface area contributed by atoms with Crippen molar-refractivity contribution < 1.29 is 0 Å². The van der Waals surface area contributed by atoms with Crippen LogP contribution >= 0.6 is 0 Å². The zero-order chi connectivity index (χ0) is 14.3. The maximum atomic E-state index is 6.04. The molecular formula is C16H35N3. The number of piperidine rings is 1. The lowest BCUT2D eigenvalue weighted by Crippen LogP contribution is -2.62. The summed E-state index contributed by atoms with van der Waals surface area (Å²) < 4.78 is 0. The Hall–Kier alpha value is -0.120. The van der Waals surface area contributed by atoms with Gasteiger partial charge < -0.3 is 5.73 Å². The quantitative estimate of drug-likeness (QED) is 0.663. The SMILES string of the molecule is CCCCCCC(C)(CN)NN1C(C)CCCC1C. The standard InChI is InChI=1S/C16H35N3/c1-5-6-7-8-12-16(4,13-17)18-19-14(2)10-9-11-15(19)3/h14-15,18H,5-13,17H2,1-4H3. The molecule has 0 aliphatic carbocycles. The van der Waals surface area contributed by atoms with Crippen molar-refractivity contribution in [1.82, 2.24) is 10.4 Å². The average Bonchev–Trinajstić information content (AvgIpc) is 2.39. The molecule has 3 heteroatoms. The van der Waals surface area contributed by atoms with Crippen molar-refractivity contribution in [1.29, 1.82) is 0 Å². The van der Waals surface area contributed by atoms with Crippen LogP contribution in [0.15, 0.2) is 0 Å². The van der Waals surface area contributed by atoms with Crippen molar-refractivity contribution in [2.75, 3.05) is 6.54 Å². The van der Waals surface area contributed by atoms with E-state index < -0.39 is 0 Å². The van der Waals surface area contributed by atoms with Gasteiger partial charge >= 0.3 is 0 Å². The average molecular weight is 269 g/mol. The van der Waals surface area contributed by atoms with Crippen LogP contribution < -0.4 is 11.2 Å². The summed E-state index contributed by atoms with van der Waals surface area (Å²) in [5.41, 5.74) is 9.87. The van der Waals surface area contributed by atoms with E-state index in [9.17, 15) is 0 Å². The number of nitrogens with zero attached hydrogens (tertiary/aromatic N) is 1. The molecular weight excluding hydrogens is 234 g/mol. The molecule has 3 unspecified atom stereocenters. The monoisotopic (exact) mass is 269 g/mol. The van der Waals surface area contributed by atoms with Crippen molar-refractivity contribution in [3.8, 4) is 0 Å². The third-order valence-electron chi connectivity index (χ3n) is 4.63. The number of rotatable bonds is 8. The van der Waals surface area contributed by atoms with Crippen molar-refractivity contribution in [2.45, 2.75) is 96.7 Å². The lowest BCUT2D eigenvalue weighted by Gasteiger charge is -2.45. The van der Waals surface area contributed by atoms with Gasteiger partial charge in [-0.3, -0.25) is 0 Å². The van der Waals surface area contributed by atoms with E-state index in [4.69, 9.17) is 5.73 Å². The number of nitrogens with two attached hydrogens (primary N) is 1. The van der Waals surface area contributed by atoms with Gasteiger partial charge in [0, 0.05) is 24.2 Å². The molecule has 0 spiro atoms. The summed E-state index contributed by atoms with van der Waals surface area (Å²) in [5, 5.41) is 2.47. The fourth-order valence-electron chi connectivity index (χ4n) is 3.10. The molecule has 3 N–H and O–H groups in total. The topological polar surface area (TPSA) is 41.3 Å². The van der Waals surface area contributed by atoms with Gasteiger partial charge in [0.15, 0.2) is 0 Å². The van der Waals surface area contributed by atoms with Crippen molar-refractivity contribution in [2.24, 2.45) is 5.73 Å². The molecule has 114 valence electrons. The van der Waals surface area contributed by atoms with Crippen LogP contribution in [0.5, 0.6) is 0 Å². The van der Waals surface area contributed by atoms with Crippen molar-refractivity contribution >= 4 is 0 Å². The molecule has 0 bridgehead atoms. The maximum absolute atomic E-state index is 6.04. The Morgan fingerprint density at radius 1 is 1.16 bits per heavy atom. The highest BCUT2D eigenvalue weighted by molar-refractivity contribution is 4.87. The number of hydrazine groups is 1. The zero-order valence-corrected chi connectivity index (χ0v) is 13.5. The van der Waals surface area contributed by atoms with E-state index in [1.807, 2.05) is 0 Å². The highest BCUT2D eigenvalue weighted by Crippen LogP contribution is 2.23. The predicted molar refractivity (Wildman–Crippen MR) is 84.0 cm³/mol. The van der Waals surface area contributed by atoms with E-state index in [0.717, 1.165) is 6.54 Å². The van der Waals surface area contributed by atoms with Gasteiger partial charge in [-0.05, 0) is 40.0 Å². The lowest BCUT2D eigenvalue weighted by atomic mass is 9.93. The van der Waals surface area contributed by atoms with Crippen molar-refractivity contribution in [3.05, 3.63) is 0 Å². The third-order valence-corrected chi connectivity index (χ3v) is 4.63. The van der Waals surface area contributed by atoms with E-state index in [1.165, 1.54) is 51.4 Å². The molecule has 19 heavy (non-hydrogen) atoms. The summed E-state index contributed by atoms with van der Waals surface area (Å²) in [5.74, 6) is 0. The Labute approximate surface area is 120 Å². The lowest BCUT2D eigenvalue weighted by molar-refractivity contribution is 0.00368. The van der Waals surface area contributed by atoms with E-state index in [-0.39, 0.29) is 5.54 Å². The molecule has 3 atom stereocenters. The van der Waals surface area contributed by atoms with Gasteiger partial charge in [0.1, 0.15) is 0 Å². The van der Waals surface area contributed by atoms with Crippen LogP contribution in [0.1, 0.15) is 79.1 Å². The molecule has 0 saturated carbocycles. The van der Waals surface area contributed by atoms with Gasteiger partial charge in [0.25, 0.3) is 0 Å². The first kappa shape index (κ1) is 16.9. The summed E-state index contributed by atoms with van der Waals surface area (Å²) in [7, 11) is 0. The minimum Gasteiger partial charge on any atom is -0.329 e. The van der Waals surface area contributed by atoms with E-state index in [0.29, 0.717) is 12.1 Å². The molecule has 1 heterocycles. The molecule has 1 rings (SSSR count). The van der Waals surface area contributed by atoms with Crippen LogP contribution in [0, 0.1) is 0 Å². The highest BCUT2D eigenvalue weighted by Gasteiger charge is 2.31. The molecule has 0 aromatic rings. The maximum Gasteiger partial charge on any atom is 0.0420 e. The number of unbranched alkanes of at least 4 members (excludes halogenated alkanes) is 3. The largest absolute Gasteiger partial charge is 0.329 e. The Kier molecular flexibility index (Phi) is 7.33. The molecule has 1 aliphatic rings. The van der Waals surface area contributed by atoms with Gasteiger partial charge in [0.2, 0.25) is 0 Å². The Bertz CT molecular complexity index is 234. The Balaban J connectivity index is 2.48. The van der Waals surface area contributed by atoms with Gasteiger partial charge in [-0.15, -0.1) is 0 Å². The predicted octanol–water partition coefficient (Wildman–Crippen LogP) is 3.44. The van der Waals surface area contributed by atoms with Crippen LogP contribution in [0.25, 0.3) is 0 Å². The normalized spacial score (nSPS) is 28.3. The van der Waals surface area contributed by atoms with E-state index in [2.05, 4.69) is 38.1 Å². The summed E-state index contributed by atoms with van der Waals surface area (Å²) in [6.07, 6.45) is 10.4. The molecule has 0 aromatic heterocycles. The van der Waals surface area contributed by atoms with Gasteiger partial charge in [-0.2, -0.15) is 0 Å². The van der Waals surface area contributed by atoms with Crippen LogP contribution in [0.4, 0.5) is 0 Å². The zero-order valence-electron chi connectivity index (χ0n) is 13.5. The fraction of sp³-hybridized carbons (Fsp3) is 1.00. The van der Waals surface area contributed by atoms with E-state index in [1.54, 1.807) is 0 Å². The second-order valence-corrected chi connectivity index (χ2v) is 6.72. The summed E-state index contributed by atoms with van der Waals surface area (Å²) >= 11 is 0. The van der Waals surface area contributed by atoms with Gasteiger partial charge in [-0.25, -0.2) is 10.4 Å². The minimum absolute atomic E-state index is 0.0631. The van der Waals surface area contributed by atoms with Crippen LogP contribution in [0.2, 0.25) is 0 Å². The highest BCUT2D eigenvalue weighted by atomic mass is 15.6. The fourth-order valence-corrected chi connectivity index (χ4v) is 3.10. The van der Waals surface area contributed by atoms with Crippen LogP contribution in [-0.2, 0) is 0 Å². The molecule has 0 aromatic carbocycles. The third kappa shape index (κ3) is 5.41. The minimum atomic E-state index is 0.0631. The molecule has 1 aliphatic heterocycles. The first-order valence-electron chi connectivity index (χ1n) is 8.28. The summed E-state index contributed by atoms with van der Waals surface area (Å²) in [6.45, 7) is 9.92.